The molecule has 0 radical (unpaired) electrons. The van der Waals surface area contributed by atoms with Gasteiger partial charge in [-0.3, -0.25) is 9.79 Å². The highest BCUT2D eigenvalue weighted by atomic mass is 16.5. The molecule has 0 aliphatic heterocycles. The summed E-state index contributed by atoms with van der Waals surface area (Å²) in [5, 5.41) is 6.33. The molecule has 1 amide bonds. The Balaban J connectivity index is 1.79. The first-order valence-electron chi connectivity index (χ1n) is 11.0. The number of amides is 1. The van der Waals surface area contributed by atoms with E-state index in [-0.39, 0.29) is 5.91 Å². The standard InChI is InChI=1S/C23H38N4O3/c1-5-24-23(26-14-13-25-22(28)17-18-8-6-7-9-18)27(2)15-12-19-10-11-20(29-3)21(16-19)30-4/h10-11,16,18H,5-9,12-15,17H2,1-4H3,(H,24,26)(H,25,28). The van der Waals surface area contributed by atoms with Gasteiger partial charge in [0.2, 0.25) is 5.91 Å². The molecule has 168 valence electrons. The van der Waals surface area contributed by atoms with Crippen molar-refractivity contribution in [3.63, 3.8) is 0 Å². The number of guanidine groups is 1. The number of nitrogens with one attached hydrogen (secondary N) is 2. The highest BCUT2D eigenvalue weighted by molar-refractivity contribution is 5.80. The molecule has 0 bridgehead atoms. The minimum absolute atomic E-state index is 0.156. The monoisotopic (exact) mass is 418 g/mol. The number of benzene rings is 1. The van der Waals surface area contributed by atoms with Gasteiger partial charge in [-0.1, -0.05) is 18.9 Å². The topological polar surface area (TPSA) is 75.2 Å². The Morgan fingerprint density at radius 3 is 2.57 bits per heavy atom. The van der Waals surface area contributed by atoms with E-state index in [1.807, 2.05) is 19.2 Å². The van der Waals surface area contributed by atoms with Gasteiger partial charge in [-0.25, -0.2) is 0 Å². The molecule has 0 aromatic heterocycles. The molecule has 1 aromatic rings. The number of nitrogens with zero attached hydrogens (tertiary/aromatic N) is 2. The summed E-state index contributed by atoms with van der Waals surface area (Å²) in [5.41, 5.74) is 1.18. The Hall–Kier alpha value is -2.44. The van der Waals surface area contributed by atoms with Crippen LogP contribution in [0.3, 0.4) is 0 Å². The van der Waals surface area contributed by atoms with Crippen molar-refractivity contribution in [2.24, 2.45) is 10.9 Å². The van der Waals surface area contributed by atoms with Gasteiger partial charge in [0.15, 0.2) is 17.5 Å². The second kappa shape index (κ2) is 13.0. The van der Waals surface area contributed by atoms with Crippen molar-refractivity contribution < 1.29 is 14.3 Å². The van der Waals surface area contributed by atoms with E-state index in [0.717, 1.165) is 37.0 Å². The molecular formula is C23H38N4O3. The summed E-state index contributed by atoms with van der Waals surface area (Å²) in [7, 11) is 5.32. The molecule has 0 heterocycles. The van der Waals surface area contributed by atoms with Crippen LogP contribution < -0.4 is 20.1 Å². The van der Waals surface area contributed by atoms with Crippen molar-refractivity contribution in [1.29, 1.82) is 0 Å². The van der Waals surface area contributed by atoms with E-state index >= 15 is 0 Å². The van der Waals surface area contributed by atoms with Gasteiger partial charge in [-0.2, -0.15) is 0 Å². The summed E-state index contributed by atoms with van der Waals surface area (Å²) < 4.78 is 10.7. The molecule has 1 aliphatic carbocycles. The summed E-state index contributed by atoms with van der Waals surface area (Å²) in [5.74, 6) is 3.06. The molecule has 1 aliphatic rings. The number of hydrogen-bond donors (Lipinski definition) is 2. The smallest absolute Gasteiger partial charge is 0.220 e. The highest BCUT2D eigenvalue weighted by Crippen LogP contribution is 2.28. The van der Waals surface area contributed by atoms with Crippen LogP contribution in [0.2, 0.25) is 0 Å². The number of carbonyl (C=O) groups is 1. The van der Waals surface area contributed by atoms with Gasteiger partial charge in [-0.15, -0.1) is 0 Å². The van der Waals surface area contributed by atoms with E-state index in [2.05, 4.69) is 33.5 Å². The Morgan fingerprint density at radius 1 is 1.17 bits per heavy atom. The first-order valence-corrected chi connectivity index (χ1v) is 11.0. The Bertz CT molecular complexity index is 687. The maximum atomic E-state index is 12.1. The van der Waals surface area contributed by atoms with Crippen molar-refractivity contribution in [2.45, 2.75) is 45.4 Å². The fourth-order valence-corrected chi connectivity index (χ4v) is 3.81. The van der Waals surface area contributed by atoms with E-state index in [1.54, 1.807) is 14.2 Å². The predicted octanol–water partition coefficient (Wildman–Crippen LogP) is 2.84. The van der Waals surface area contributed by atoms with Crippen LogP contribution in [0.4, 0.5) is 0 Å². The number of aliphatic imine (C=N–C) groups is 1. The molecule has 30 heavy (non-hydrogen) atoms. The second-order valence-electron chi connectivity index (χ2n) is 7.80. The Labute approximate surface area is 181 Å². The SMILES string of the molecule is CCNC(=NCCNC(=O)CC1CCCC1)N(C)CCc1ccc(OC)c(OC)c1. The molecule has 1 fully saturated rings. The van der Waals surface area contributed by atoms with Crippen molar-refractivity contribution in [3.05, 3.63) is 23.8 Å². The van der Waals surface area contributed by atoms with Crippen LogP contribution in [0.25, 0.3) is 0 Å². The lowest BCUT2D eigenvalue weighted by atomic mass is 10.0. The van der Waals surface area contributed by atoms with Crippen LogP contribution in [-0.2, 0) is 11.2 Å². The van der Waals surface area contributed by atoms with E-state index in [4.69, 9.17) is 9.47 Å². The molecule has 2 N–H and O–H groups in total. The molecular weight excluding hydrogens is 380 g/mol. The molecule has 1 saturated carbocycles. The molecule has 2 rings (SSSR count). The van der Waals surface area contributed by atoms with Crippen molar-refractivity contribution in [2.75, 3.05) is 47.4 Å². The maximum Gasteiger partial charge on any atom is 0.220 e. The average molecular weight is 419 g/mol. The summed E-state index contributed by atoms with van der Waals surface area (Å²) in [6.45, 7) is 4.81. The zero-order valence-electron chi connectivity index (χ0n) is 19.0. The molecule has 7 nitrogen and oxygen atoms in total. The number of rotatable bonds is 11. The van der Waals surface area contributed by atoms with E-state index in [1.165, 1.54) is 31.2 Å². The molecule has 0 atom stereocenters. The number of methoxy groups -OCH3 is 2. The largest absolute Gasteiger partial charge is 0.493 e. The molecule has 0 spiro atoms. The summed E-state index contributed by atoms with van der Waals surface area (Å²) in [4.78, 5) is 18.8. The molecule has 0 saturated heterocycles. The van der Waals surface area contributed by atoms with Gasteiger partial charge >= 0.3 is 0 Å². The fourth-order valence-electron chi connectivity index (χ4n) is 3.81. The van der Waals surface area contributed by atoms with Gasteiger partial charge < -0.3 is 25.0 Å². The lowest BCUT2D eigenvalue weighted by Crippen LogP contribution is -2.40. The minimum Gasteiger partial charge on any atom is -0.493 e. The van der Waals surface area contributed by atoms with E-state index < -0.39 is 0 Å². The Morgan fingerprint density at radius 2 is 1.90 bits per heavy atom. The van der Waals surface area contributed by atoms with Crippen LogP contribution >= 0.6 is 0 Å². The minimum atomic E-state index is 0.156. The van der Waals surface area contributed by atoms with Crippen LogP contribution in [0.1, 0.15) is 44.6 Å². The third kappa shape index (κ3) is 7.76. The lowest BCUT2D eigenvalue weighted by Gasteiger charge is -2.22. The first kappa shape index (κ1) is 23.8. The summed E-state index contributed by atoms with van der Waals surface area (Å²) >= 11 is 0. The zero-order valence-corrected chi connectivity index (χ0v) is 19.0. The summed E-state index contributed by atoms with van der Waals surface area (Å²) in [6, 6.07) is 6.00. The van der Waals surface area contributed by atoms with Crippen molar-refractivity contribution in [3.8, 4) is 11.5 Å². The van der Waals surface area contributed by atoms with Crippen molar-refractivity contribution in [1.82, 2.24) is 15.5 Å². The first-order chi connectivity index (χ1) is 14.6. The average Bonchev–Trinajstić information content (AvgIpc) is 3.26. The Kier molecular flexibility index (Phi) is 10.3. The van der Waals surface area contributed by atoms with Gasteiger partial charge in [0.1, 0.15) is 0 Å². The number of ether oxygens (including phenoxy) is 2. The van der Waals surface area contributed by atoms with Crippen LogP contribution in [0.5, 0.6) is 11.5 Å². The van der Waals surface area contributed by atoms with Crippen molar-refractivity contribution >= 4 is 11.9 Å². The fraction of sp³-hybridized carbons (Fsp3) is 0.652. The molecule has 0 unspecified atom stereocenters. The third-order valence-corrected chi connectivity index (χ3v) is 5.52. The summed E-state index contributed by atoms with van der Waals surface area (Å²) in [6.07, 6.45) is 6.45. The number of carbonyl (C=O) groups excluding carboxylic acids is 1. The van der Waals surface area contributed by atoms with E-state index in [0.29, 0.717) is 25.4 Å². The van der Waals surface area contributed by atoms with Gasteiger partial charge in [0.05, 0.1) is 20.8 Å². The molecule has 7 heteroatoms. The quantitative estimate of drug-likeness (QED) is 0.328. The van der Waals surface area contributed by atoms with Crippen LogP contribution in [0.15, 0.2) is 23.2 Å². The maximum absolute atomic E-state index is 12.1. The molecule has 1 aromatic carbocycles. The van der Waals surface area contributed by atoms with Gasteiger partial charge in [0, 0.05) is 33.1 Å². The van der Waals surface area contributed by atoms with E-state index in [9.17, 15) is 4.79 Å². The normalized spacial score (nSPS) is 14.5. The van der Waals surface area contributed by atoms with Crippen LogP contribution in [-0.4, -0.2) is 64.2 Å². The number of hydrogen-bond acceptors (Lipinski definition) is 4. The van der Waals surface area contributed by atoms with Gasteiger partial charge in [-0.05, 0) is 49.8 Å². The second-order valence-corrected chi connectivity index (χ2v) is 7.80. The lowest BCUT2D eigenvalue weighted by molar-refractivity contribution is -0.121. The highest BCUT2D eigenvalue weighted by Gasteiger charge is 2.18. The van der Waals surface area contributed by atoms with Crippen LogP contribution in [0, 0.1) is 5.92 Å². The zero-order chi connectivity index (χ0) is 21.8. The third-order valence-electron chi connectivity index (χ3n) is 5.52. The number of likely N-dealkylation sites (N-methyl/N-ethyl adjacent to an activating group) is 1. The van der Waals surface area contributed by atoms with Gasteiger partial charge in [0.25, 0.3) is 0 Å². The predicted molar refractivity (Wildman–Crippen MR) is 121 cm³/mol.